The molecule has 0 aliphatic rings. The number of sulfonamides is 1. The standard InChI is InChI=1S/C7H4FNO3S/c8-6-1-3-7(4-2-6)13(11,12)9-5-10/h1-4H. The van der Waals surface area contributed by atoms with Gasteiger partial charge >= 0.3 is 0 Å². The zero-order valence-corrected chi connectivity index (χ0v) is 7.08. The molecule has 0 radical (unpaired) electrons. The van der Waals surface area contributed by atoms with Crippen LogP contribution in [0.2, 0.25) is 0 Å². The van der Waals surface area contributed by atoms with Crippen LogP contribution in [-0.4, -0.2) is 14.5 Å². The fourth-order valence-corrected chi connectivity index (χ4v) is 1.39. The van der Waals surface area contributed by atoms with Crippen LogP contribution in [0.25, 0.3) is 0 Å². The molecule has 0 saturated carbocycles. The number of halogens is 1. The molecule has 13 heavy (non-hydrogen) atoms. The molecule has 0 aliphatic carbocycles. The predicted molar refractivity (Wildman–Crippen MR) is 41.7 cm³/mol. The Morgan fingerprint density at radius 1 is 1.23 bits per heavy atom. The predicted octanol–water partition coefficient (Wildman–Crippen LogP) is 0.850. The van der Waals surface area contributed by atoms with Gasteiger partial charge in [-0.3, -0.25) is 0 Å². The third-order valence-electron chi connectivity index (χ3n) is 1.27. The van der Waals surface area contributed by atoms with Gasteiger partial charge in [-0.15, -0.1) is 0 Å². The lowest BCUT2D eigenvalue weighted by atomic mass is 10.4. The Morgan fingerprint density at radius 3 is 2.23 bits per heavy atom. The number of isocyanates is 1. The zero-order chi connectivity index (χ0) is 9.90. The topological polar surface area (TPSA) is 63.6 Å². The largest absolute Gasteiger partial charge is 0.292 e. The lowest BCUT2D eigenvalue weighted by Gasteiger charge is -1.94. The molecule has 6 heteroatoms. The fraction of sp³-hybridized carbons (Fsp3) is 0. The SMILES string of the molecule is O=C=NS(=O)(=O)c1ccc(F)cc1. The summed E-state index contributed by atoms with van der Waals surface area (Å²) in [6.07, 6.45) is 0.914. The second kappa shape index (κ2) is 3.47. The van der Waals surface area contributed by atoms with E-state index in [0.717, 1.165) is 30.3 Å². The summed E-state index contributed by atoms with van der Waals surface area (Å²) in [5.74, 6) is -0.561. The van der Waals surface area contributed by atoms with E-state index in [4.69, 9.17) is 0 Å². The van der Waals surface area contributed by atoms with E-state index in [1.54, 1.807) is 0 Å². The van der Waals surface area contributed by atoms with E-state index in [2.05, 4.69) is 4.40 Å². The smallest absolute Gasteiger partial charge is 0.210 e. The van der Waals surface area contributed by atoms with Gasteiger partial charge in [-0.1, -0.05) is 4.40 Å². The van der Waals surface area contributed by atoms with E-state index in [1.807, 2.05) is 0 Å². The summed E-state index contributed by atoms with van der Waals surface area (Å²) in [7, 11) is -3.99. The highest BCUT2D eigenvalue weighted by Crippen LogP contribution is 2.11. The molecule has 0 aromatic heterocycles. The molecule has 0 heterocycles. The second-order valence-electron chi connectivity index (χ2n) is 2.11. The quantitative estimate of drug-likeness (QED) is 0.526. The number of rotatable bonds is 2. The lowest BCUT2D eigenvalue weighted by Crippen LogP contribution is -1.95. The molecule has 68 valence electrons. The molecular weight excluding hydrogens is 197 g/mol. The van der Waals surface area contributed by atoms with Gasteiger partial charge in [0.15, 0.2) is 0 Å². The maximum absolute atomic E-state index is 12.4. The molecule has 0 amide bonds. The van der Waals surface area contributed by atoms with Crippen molar-refractivity contribution in [3.63, 3.8) is 0 Å². The maximum Gasteiger partial charge on any atom is 0.292 e. The van der Waals surface area contributed by atoms with Crippen molar-refractivity contribution in [1.82, 2.24) is 0 Å². The van der Waals surface area contributed by atoms with Crippen molar-refractivity contribution >= 4 is 16.1 Å². The molecule has 1 rings (SSSR count). The molecule has 0 unspecified atom stereocenters. The van der Waals surface area contributed by atoms with Gasteiger partial charge in [-0.2, -0.15) is 8.42 Å². The van der Waals surface area contributed by atoms with Crippen molar-refractivity contribution in [2.75, 3.05) is 0 Å². The highest BCUT2D eigenvalue weighted by molar-refractivity contribution is 7.90. The van der Waals surface area contributed by atoms with Crippen LogP contribution in [-0.2, 0) is 14.8 Å². The van der Waals surface area contributed by atoms with Crippen molar-refractivity contribution in [2.24, 2.45) is 4.40 Å². The fourth-order valence-electron chi connectivity index (χ4n) is 0.708. The highest BCUT2D eigenvalue weighted by Gasteiger charge is 2.11. The van der Waals surface area contributed by atoms with Gasteiger partial charge in [0, 0.05) is 0 Å². The number of carbonyl (C=O) groups excluding carboxylic acids is 1. The molecule has 0 atom stereocenters. The first-order valence-corrected chi connectivity index (χ1v) is 4.60. The van der Waals surface area contributed by atoms with Gasteiger partial charge in [-0.25, -0.2) is 9.18 Å². The van der Waals surface area contributed by atoms with Crippen molar-refractivity contribution in [2.45, 2.75) is 4.90 Å². The Labute approximate surface area is 73.8 Å². The van der Waals surface area contributed by atoms with E-state index in [-0.39, 0.29) is 4.90 Å². The van der Waals surface area contributed by atoms with Crippen LogP contribution in [0.15, 0.2) is 33.6 Å². The minimum absolute atomic E-state index is 0.239. The first-order valence-electron chi connectivity index (χ1n) is 3.16. The van der Waals surface area contributed by atoms with Crippen LogP contribution in [0.3, 0.4) is 0 Å². The Morgan fingerprint density at radius 2 is 1.77 bits per heavy atom. The van der Waals surface area contributed by atoms with Crippen LogP contribution in [0.4, 0.5) is 4.39 Å². The summed E-state index contributed by atoms with van der Waals surface area (Å²) in [5, 5.41) is 0. The summed E-state index contributed by atoms with van der Waals surface area (Å²) >= 11 is 0. The summed E-state index contributed by atoms with van der Waals surface area (Å²) in [6.45, 7) is 0. The first kappa shape index (κ1) is 9.57. The Kier molecular flexibility index (Phi) is 2.55. The Hall–Kier alpha value is -1.52. The number of benzene rings is 1. The van der Waals surface area contributed by atoms with Gasteiger partial charge in [0.05, 0.1) is 4.90 Å². The van der Waals surface area contributed by atoms with E-state index in [1.165, 1.54) is 0 Å². The maximum atomic E-state index is 12.4. The molecule has 0 saturated heterocycles. The van der Waals surface area contributed by atoms with E-state index in [9.17, 15) is 17.6 Å². The average molecular weight is 201 g/mol. The minimum Gasteiger partial charge on any atom is -0.210 e. The highest BCUT2D eigenvalue weighted by atomic mass is 32.2. The monoisotopic (exact) mass is 201 g/mol. The molecule has 4 nitrogen and oxygen atoms in total. The Bertz CT molecular complexity index is 445. The van der Waals surface area contributed by atoms with E-state index in [0.29, 0.717) is 0 Å². The van der Waals surface area contributed by atoms with E-state index < -0.39 is 15.8 Å². The first-order chi connectivity index (χ1) is 6.06. The van der Waals surface area contributed by atoms with Crippen LogP contribution in [0.1, 0.15) is 0 Å². The summed E-state index contributed by atoms with van der Waals surface area (Å²) < 4.78 is 36.9. The molecule has 0 aliphatic heterocycles. The van der Waals surface area contributed by atoms with Crippen molar-refractivity contribution in [3.05, 3.63) is 30.1 Å². The van der Waals surface area contributed by atoms with Crippen LogP contribution in [0.5, 0.6) is 0 Å². The van der Waals surface area contributed by atoms with Gasteiger partial charge in [0.1, 0.15) is 5.82 Å². The third kappa shape index (κ3) is 2.21. The van der Waals surface area contributed by atoms with E-state index >= 15 is 0 Å². The number of hydrogen-bond donors (Lipinski definition) is 0. The molecule has 1 aromatic rings. The normalized spacial score (nSPS) is 10.5. The number of hydrogen-bond acceptors (Lipinski definition) is 3. The molecular formula is C7H4FNO3S. The van der Waals surface area contributed by atoms with Crippen LogP contribution < -0.4 is 0 Å². The van der Waals surface area contributed by atoms with Gasteiger partial charge in [0.2, 0.25) is 0 Å². The minimum atomic E-state index is -3.99. The van der Waals surface area contributed by atoms with Crippen LogP contribution in [0, 0.1) is 5.82 Å². The van der Waals surface area contributed by atoms with Gasteiger partial charge in [-0.05, 0) is 24.3 Å². The third-order valence-corrected chi connectivity index (χ3v) is 2.45. The summed E-state index contributed by atoms with van der Waals surface area (Å²) in [6, 6.07) is 3.97. The summed E-state index contributed by atoms with van der Waals surface area (Å²) in [5.41, 5.74) is 0. The molecule has 1 aromatic carbocycles. The second-order valence-corrected chi connectivity index (χ2v) is 3.72. The molecule has 0 N–H and O–H groups in total. The van der Waals surface area contributed by atoms with Gasteiger partial charge in [0.25, 0.3) is 16.1 Å². The number of nitrogens with zero attached hydrogens (tertiary/aromatic N) is 1. The van der Waals surface area contributed by atoms with Crippen molar-refractivity contribution < 1.29 is 17.6 Å². The molecule has 0 fully saturated rings. The molecule has 0 bridgehead atoms. The van der Waals surface area contributed by atoms with Gasteiger partial charge < -0.3 is 0 Å². The van der Waals surface area contributed by atoms with Crippen LogP contribution >= 0.6 is 0 Å². The Balaban J connectivity index is 3.24. The zero-order valence-electron chi connectivity index (χ0n) is 6.27. The lowest BCUT2D eigenvalue weighted by molar-refractivity contribution is 0.563. The summed E-state index contributed by atoms with van der Waals surface area (Å²) in [4.78, 5) is 9.48. The van der Waals surface area contributed by atoms with Crippen molar-refractivity contribution in [1.29, 1.82) is 0 Å². The van der Waals surface area contributed by atoms with Crippen molar-refractivity contribution in [3.8, 4) is 0 Å². The molecule has 0 spiro atoms. The average Bonchev–Trinajstić information content (AvgIpc) is 2.05.